The number of hydrogen-bond acceptors (Lipinski definition) is 4. The molecule has 0 aliphatic heterocycles. The molecule has 2 N–H and O–H groups in total. The molecule has 0 bridgehead atoms. The summed E-state index contributed by atoms with van der Waals surface area (Å²) in [5.74, 6) is 1.05. The molecule has 0 amide bonds. The van der Waals surface area contributed by atoms with E-state index in [4.69, 9.17) is 15.7 Å². The van der Waals surface area contributed by atoms with E-state index in [9.17, 15) is 0 Å². The van der Waals surface area contributed by atoms with E-state index in [2.05, 4.69) is 37.9 Å². The first-order valence-corrected chi connectivity index (χ1v) is 6.91. The molecule has 2 rings (SSSR count). The van der Waals surface area contributed by atoms with Crippen LogP contribution in [0.25, 0.3) is 0 Å². The van der Waals surface area contributed by atoms with Crippen molar-refractivity contribution in [1.82, 2.24) is 4.98 Å². The average molecular weight is 281 g/mol. The Bertz CT molecular complexity index is 669. The van der Waals surface area contributed by atoms with Crippen LogP contribution >= 0.6 is 0 Å². The van der Waals surface area contributed by atoms with Crippen LogP contribution in [0.3, 0.4) is 0 Å². The van der Waals surface area contributed by atoms with Crippen molar-refractivity contribution >= 4 is 5.69 Å². The van der Waals surface area contributed by atoms with Gasteiger partial charge in [0.05, 0.1) is 5.69 Å². The van der Waals surface area contributed by atoms with Gasteiger partial charge >= 0.3 is 0 Å². The molecule has 2 aromatic rings. The van der Waals surface area contributed by atoms with Gasteiger partial charge in [-0.05, 0) is 35.6 Å². The normalized spacial score (nSPS) is 11.0. The van der Waals surface area contributed by atoms with E-state index in [1.807, 2.05) is 18.2 Å². The molecular weight excluding hydrogens is 262 g/mol. The maximum Gasteiger partial charge on any atom is 0.220 e. The highest BCUT2D eigenvalue weighted by atomic mass is 16.5. The summed E-state index contributed by atoms with van der Waals surface area (Å²) in [6.45, 7) is 6.60. The lowest BCUT2D eigenvalue weighted by Crippen LogP contribution is -2.14. The zero-order valence-electron chi connectivity index (χ0n) is 12.6. The Hall–Kier alpha value is -2.54. The number of anilines is 1. The van der Waals surface area contributed by atoms with Crippen LogP contribution in [0.1, 0.15) is 38.4 Å². The highest BCUT2D eigenvalue weighted by molar-refractivity contribution is 5.51. The van der Waals surface area contributed by atoms with Crippen molar-refractivity contribution < 1.29 is 4.74 Å². The summed E-state index contributed by atoms with van der Waals surface area (Å²) in [6, 6.07) is 13.2. The first-order chi connectivity index (χ1) is 9.96. The fourth-order valence-corrected chi connectivity index (χ4v) is 1.90. The van der Waals surface area contributed by atoms with Crippen molar-refractivity contribution in [3.63, 3.8) is 0 Å². The maximum atomic E-state index is 8.91. The molecule has 0 aliphatic carbocycles. The van der Waals surface area contributed by atoms with Crippen molar-refractivity contribution in [2.75, 3.05) is 5.73 Å². The third-order valence-electron chi connectivity index (χ3n) is 3.75. The van der Waals surface area contributed by atoms with Gasteiger partial charge in [0.2, 0.25) is 5.88 Å². The quantitative estimate of drug-likeness (QED) is 0.918. The minimum Gasteiger partial charge on any atom is -0.439 e. The number of nitrogens with two attached hydrogens (primary N) is 1. The zero-order chi connectivity index (χ0) is 15.5. The van der Waals surface area contributed by atoms with Crippen LogP contribution in [-0.4, -0.2) is 4.98 Å². The van der Waals surface area contributed by atoms with Crippen molar-refractivity contribution in [1.29, 1.82) is 5.26 Å². The zero-order valence-corrected chi connectivity index (χ0v) is 12.6. The SMILES string of the molecule is CCC(C)(C)c1ccc(Oc2ccc(N)c(C#N)n2)cc1. The van der Waals surface area contributed by atoms with Gasteiger partial charge < -0.3 is 10.5 Å². The van der Waals surface area contributed by atoms with E-state index in [0.717, 1.165) is 6.42 Å². The van der Waals surface area contributed by atoms with E-state index in [1.54, 1.807) is 12.1 Å². The molecule has 0 saturated carbocycles. The standard InChI is InChI=1S/C17H19N3O/c1-4-17(2,3)12-5-7-13(8-6-12)21-16-10-9-14(19)15(11-18)20-16/h5-10H,4,19H2,1-3H3. The third-order valence-corrected chi connectivity index (χ3v) is 3.75. The van der Waals surface area contributed by atoms with Gasteiger partial charge in [0.1, 0.15) is 11.8 Å². The molecule has 0 fully saturated rings. The van der Waals surface area contributed by atoms with Crippen LogP contribution in [0.2, 0.25) is 0 Å². The van der Waals surface area contributed by atoms with Crippen molar-refractivity contribution in [2.45, 2.75) is 32.6 Å². The Labute approximate surface area is 125 Å². The number of aromatic nitrogens is 1. The molecule has 4 heteroatoms. The van der Waals surface area contributed by atoms with Crippen LogP contribution in [-0.2, 0) is 5.41 Å². The minimum atomic E-state index is 0.145. The molecule has 0 spiro atoms. The van der Waals surface area contributed by atoms with Crippen LogP contribution in [0, 0.1) is 11.3 Å². The number of nitrogen functional groups attached to an aromatic ring is 1. The first kappa shape index (κ1) is 14.9. The molecule has 1 aromatic heterocycles. The number of hydrogen-bond donors (Lipinski definition) is 1. The molecule has 0 atom stereocenters. The van der Waals surface area contributed by atoms with E-state index < -0.39 is 0 Å². The van der Waals surface area contributed by atoms with Crippen LogP contribution in [0.4, 0.5) is 5.69 Å². The molecule has 1 aromatic carbocycles. The number of pyridine rings is 1. The van der Waals surface area contributed by atoms with Gasteiger partial charge in [0.25, 0.3) is 0 Å². The predicted octanol–water partition coefficient (Wildman–Crippen LogP) is 4.02. The topological polar surface area (TPSA) is 71.9 Å². The summed E-state index contributed by atoms with van der Waals surface area (Å²) in [5.41, 5.74) is 7.57. The van der Waals surface area contributed by atoms with Crippen LogP contribution < -0.4 is 10.5 Å². The third kappa shape index (κ3) is 3.32. The monoisotopic (exact) mass is 281 g/mol. The Balaban J connectivity index is 2.20. The van der Waals surface area contributed by atoms with E-state index in [-0.39, 0.29) is 11.1 Å². The molecule has 0 saturated heterocycles. The first-order valence-electron chi connectivity index (χ1n) is 6.91. The Kier molecular flexibility index (Phi) is 4.13. The van der Waals surface area contributed by atoms with Gasteiger partial charge in [-0.2, -0.15) is 5.26 Å². The number of benzene rings is 1. The van der Waals surface area contributed by atoms with Gasteiger partial charge in [-0.25, -0.2) is 4.98 Å². The number of nitriles is 1. The van der Waals surface area contributed by atoms with Crippen molar-refractivity contribution in [3.05, 3.63) is 47.7 Å². The summed E-state index contributed by atoms with van der Waals surface area (Å²) in [5, 5.41) is 8.91. The summed E-state index contributed by atoms with van der Waals surface area (Å²) >= 11 is 0. The van der Waals surface area contributed by atoms with Gasteiger partial charge in [0, 0.05) is 6.07 Å². The van der Waals surface area contributed by atoms with Gasteiger partial charge in [0.15, 0.2) is 5.69 Å². The maximum absolute atomic E-state index is 8.91. The largest absolute Gasteiger partial charge is 0.439 e. The van der Waals surface area contributed by atoms with E-state index in [1.165, 1.54) is 5.56 Å². The van der Waals surface area contributed by atoms with Gasteiger partial charge in [-0.1, -0.05) is 32.9 Å². The fourth-order valence-electron chi connectivity index (χ4n) is 1.90. The summed E-state index contributed by atoms with van der Waals surface area (Å²) in [6.07, 6.45) is 1.07. The van der Waals surface area contributed by atoms with Crippen molar-refractivity contribution in [3.8, 4) is 17.7 Å². The molecule has 108 valence electrons. The second-order valence-electron chi connectivity index (χ2n) is 5.56. The average Bonchev–Trinajstić information content (AvgIpc) is 2.49. The minimum absolute atomic E-state index is 0.145. The van der Waals surface area contributed by atoms with Crippen LogP contribution in [0.5, 0.6) is 11.6 Å². The second-order valence-corrected chi connectivity index (χ2v) is 5.56. The summed E-state index contributed by atoms with van der Waals surface area (Å²) < 4.78 is 5.66. The predicted molar refractivity (Wildman–Crippen MR) is 83.2 cm³/mol. The van der Waals surface area contributed by atoms with Gasteiger partial charge in [-0.15, -0.1) is 0 Å². The Morgan fingerprint density at radius 2 is 1.86 bits per heavy atom. The molecule has 4 nitrogen and oxygen atoms in total. The highest BCUT2D eigenvalue weighted by Gasteiger charge is 2.17. The Morgan fingerprint density at radius 3 is 2.43 bits per heavy atom. The molecule has 1 heterocycles. The smallest absolute Gasteiger partial charge is 0.220 e. The number of rotatable bonds is 4. The number of ether oxygens (including phenoxy) is 1. The Morgan fingerprint density at radius 1 is 1.19 bits per heavy atom. The summed E-state index contributed by atoms with van der Waals surface area (Å²) in [7, 11) is 0. The van der Waals surface area contributed by atoms with E-state index >= 15 is 0 Å². The second kappa shape index (κ2) is 5.84. The molecule has 0 unspecified atom stereocenters. The lowest BCUT2D eigenvalue weighted by atomic mass is 9.82. The number of nitrogens with zero attached hydrogens (tertiary/aromatic N) is 2. The lowest BCUT2D eigenvalue weighted by Gasteiger charge is -2.23. The highest BCUT2D eigenvalue weighted by Crippen LogP contribution is 2.29. The molecule has 0 aliphatic rings. The lowest BCUT2D eigenvalue weighted by molar-refractivity contribution is 0.460. The molecule has 21 heavy (non-hydrogen) atoms. The summed E-state index contributed by atoms with van der Waals surface area (Å²) in [4.78, 5) is 4.07. The van der Waals surface area contributed by atoms with Crippen LogP contribution in [0.15, 0.2) is 36.4 Å². The molecular formula is C17H19N3O. The van der Waals surface area contributed by atoms with Gasteiger partial charge in [-0.3, -0.25) is 0 Å². The van der Waals surface area contributed by atoms with Crippen molar-refractivity contribution in [2.24, 2.45) is 0 Å². The van der Waals surface area contributed by atoms with E-state index in [0.29, 0.717) is 17.3 Å². The fraction of sp³-hybridized carbons (Fsp3) is 0.294. The molecule has 0 radical (unpaired) electrons.